The van der Waals surface area contributed by atoms with E-state index in [9.17, 15) is 5.11 Å². The minimum atomic E-state index is -0.259. The maximum atomic E-state index is 10.4. The number of hydrogen-bond donors (Lipinski definition) is 1. The first kappa shape index (κ1) is 13.9. The van der Waals surface area contributed by atoms with Crippen LogP contribution in [0.5, 0.6) is 0 Å². The van der Waals surface area contributed by atoms with Gasteiger partial charge in [0.15, 0.2) is 0 Å². The SMILES string of the molecule is O[C@@H]1CN(C2Cc3ccccc3C2)C[C@H]1Cc1cnccn1. The topological polar surface area (TPSA) is 49.2 Å². The monoisotopic (exact) mass is 295 g/mol. The van der Waals surface area contributed by atoms with Crippen LogP contribution in [-0.4, -0.2) is 45.2 Å². The lowest BCUT2D eigenvalue weighted by Gasteiger charge is -2.23. The van der Waals surface area contributed by atoms with Crippen molar-refractivity contribution < 1.29 is 5.11 Å². The molecule has 0 spiro atoms. The minimum Gasteiger partial charge on any atom is -0.391 e. The van der Waals surface area contributed by atoms with E-state index in [1.54, 1.807) is 18.6 Å². The van der Waals surface area contributed by atoms with Gasteiger partial charge in [0.2, 0.25) is 0 Å². The number of aliphatic hydroxyl groups excluding tert-OH is 1. The first-order valence-electron chi connectivity index (χ1n) is 8.03. The van der Waals surface area contributed by atoms with Crippen molar-refractivity contribution in [2.24, 2.45) is 5.92 Å². The zero-order chi connectivity index (χ0) is 14.9. The van der Waals surface area contributed by atoms with Gasteiger partial charge >= 0.3 is 0 Å². The van der Waals surface area contributed by atoms with E-state index >= 15 is 0 Å². The molecule has 0 radical (unpaired) electrons. The average molecular weight is 295 g/mol. The highest BCUT2D eigenvalue weighted by Gasteiger charge is 2.37. The smallest absolute Gasteiger partial charge is 0.0711 e. The summed E-state index contributed by atoms with van der Waals surface area (Å²) >= 11 is 0. The molecule has 1 aromatic heterocycles. The lowest BCUT2D eigenvalue weighted by molar-refractivity contribution is 0.136. The molecule has 0 bridgehead atoms. The van der Waals surface area contributed by atoms with Crippen molar-refractivity contribution >= 4 is 0 Å². The number of aromatic nitrogens is 2. The minimum absolute atomic E-state index is 0.259. The number of β-amino-alcohol motifs (C(OH)–C–C–N with tert-alkyl or cyclic N) is 1. The molecule has 1 aromatic carbocycles. The van der Waals surface area contributed by atoms with Crippen molar-refractivity contribution in [3.05, 3.63) is 59.7 Å². The molecule has 2 aliphatic rings. The van der Waals surface area contributed by atoms with E-state index in [0.717, 1.165) is 38.0 Å². The third kappa shape index (κ3) is 2.64. The molecule has 2 heterocycles. The van der Waals surface area contributed by atoms with Crippen molar-refractivity contribution in [3.63, 3.8) is 0 Å². The van der Waals surface area contributed by atoms with Crippen LogP contribution in [0.1, 0.15) is 16.8 Å². The summed E-state index contributed by atoms with van der Waals surface area (Å²) < 4.78 is 0. The fraction of sp³-hybridized carbons (Fsp3) is 0.444. The van der Waals surface area contributed by atoms with Gasteiger partial charge in [-0.1, -0.05) is 24.3 Å². The fourth-order valence-electron chi connectivity index (χ4n) is 3.88. The lowest BCUT2D eigenvalue weighted by atomic mass is 10.0. The Bertz CT molecular complexity index is 621. The zero-order valence-electron chi connectivity index (χ0n) is 12.6. The maximum Gasteiger partial charge on any atom is 0.0711 e. The Morgan fingerprint density at radius 1 is 1.09 bits per heavy atom. The van der Waals surface area contributed by atoms with Crippen LogP contribution in [0, 0.1) is 5.92 Å². The van der Waals surface area contributed by atoms with Crippen LogP contribution >= 0.6 is 0 Å². The number of hydrogen-bond acceptors (Lipinski definition) is 4. The van der Waals surface area contributed by atoms with Crippen LogP contribution < -0.4 is 0 Å². The molecule has 0 amide bonds. The quantitative estimate of drug-likeness (QED) is 0.932. The summed E-state index contributed by atoms with van der Waals surface area (Å²) in [4.78, 5) is 10.9. The Hall–Kier alpha value is -1.78. The number of benzene rings is 1. The highest BCUT2D eigenvalue weighted by molar-refractivity contribution is 5.33. The Labute approximate surface area is 130 Å². The Morgan fingerprint density at radius 2 is 1.86 bits per heavy atom. The molecule has 1 aliphatic heterocycles. The molecule has 2 atom stereocenters. The van der Waals surface area contributed by atoms with E-state index < -0.39 is 0 Å². The van der Waals surface area contributed by atoms with Crippen LogP contribution in [0.4, 0.5) is 0 Å². The molecule has 4 heteroatoms. The van der Waals surface area contributed by atoms with Gasteiger partial charge in [-0.2, -0.15) is 0 Å². The van der Waals surface area contributed by atoms with Crippen LogP contribution in [0.2, 0.25) is 0 Å². The molecule has 2 aromatic rings. The highest BCUT2D eigenvalue weighted by Crippen LogP contribution is 2.30. The molecule has 1 aliphatic carbocycles. The molecular formula is C18H21N3O. The molecule has 0 unspecified atom stereocenters. The van der Waals surface area contributed by atoms with Crippen LogP contribution in [0.15, 0.2) is 42.9 Å². The first-order valence-corrected chi connectivity index (χ1v) is 8.03. The number of rotatable bonds is 3. The van der Waals surface area contributed by atoms with E-state index in [4.69, 9.17) is 0 Å². The van der Waals surface area contributed by atoms with Crippen molar-refractivity contribution in [1.29, 1.82) is 0 Å². The molecule has 1 fully saturated rings. The number of fused-ring (bicyclic) bond motifs is 1. The molecule has 22 heavy (non-hydrogen) atoms. The Morgan fingerprint density at radius 3 is 2.55 bits per heavy atom. The molecule has 1 saturated heterocycles. The standard InChI is InChI=1S/C18H21N3O/c22-18-12-21(11-15(18)7-16-10-19-5-6-20-16)17-8-13-3-1-2-4-14(13)9-17/h1-6,10,15,17-18,22H,7-9,11-12H2/t15-,18-/m1/s1. The van der Waals surface area contributed by atoms with Crippen molar-refractivity contribution in [3.8, 4) is 0 Å². The van der Waals surface area contributed by atoms with Crippen LogP contribution in [-0.2, 0) is 19.3 Å². The molecule has 4 rings (SSSR count). The summed E-state index contributed by atoms with van der Waals surface area (Å²) in [7, 11) is 0. The van der Waals surface area contributed by atoms with Gasteiger partial charge in [-0.05, 0) is 30.4 Å². The zero-order valence-corrected chi connectivity index (χ0v) is 12.6. The van der Waals surface area contributed by atoms with Crippen molar-refractivity contribution in [2.45, 2.75) is 31.4 Å². The van der Waals surface area contributed by atoms with E-state index in [0.29, 0.717) is 6.04 Å². The highest BCUT2D eigenvalue weighted by atomic mass is 16.3. The van der Waals surface area contributed by atoms with E-state index in [-0.39, 0.29) is 12.0 Å². The molecule has 4 nitrogen and oxygen atoms in total. The number of nitrogens with zero attached hydrogens (tertiary/aromatic N) is 3. The van der Waals surface area contributed by atoms with Gasteiger partial charge in [0.05, 0.1) is 11.8 Å². The molecule has 1 N–H and O–H groups in total. The van der Waals surface area contributed by atoms with Crippen molar-refractivity contribution in [2.75, 3.05) is 13.1 Å². The summed E-state index contributed by atoms with van der Waals surface area (Å²) in [5.41, 5.74) is 3.92. The van der Waals surface area contributed by atoms with Gasteiger partial charge in [-0.15, -0.1) is 0 Å². The molecule has 0 saturated carbocycles. The summed E-state index contributed by atoms with van der Waals surface area (Å²) in [5, 5.41) is 10.4. The first-order chi connectivity index (χ1) is 10.8. The van der Waals surface area contributed by atoms with Crippen molar-refractivity contribution in [1.82, 2.24) is 14.9 Å². The fourth-order valence-corrected chi connectivity index (χ4v) is 3.88. The Kier molecular flexibility index (Phi) is 3.64. The van der Waals surface area contributed by atoms with Crippen LogP contribution in [0.25, 0.3) is 0 Å². The largest absolute Gasteiger partial charge is 0.391 e. The predicted molar refractivity (Wildman–Crippen MR) is 84.4 cm³/mol. The summed E-state index contributed by atoms with van der Waals surface area (Å²) in [6.07, 6.45) is 8.00. The third-order valence-electron chi connectivity index (χ3n) is 5.07. The normalized spacial score (nSPS) is 25.5. The van der Waals surface area contributed by atoms with Gasteiger partial charge in [-0.3, -0.25) is 14.9 Å². The second-order valence-corrected chi connectivity index (χ2v) is 6.51. The summed E-state index contributed by atoms with van der Waals surface area (Å²) in [5.74, 6) is 0.264. The van der Waals surface area contributed by atoms with Gasteiger partial charge < -0.3 is 5.11 Å². The molecule has 114 valence electrons. The molecular weight excluding hydrogens is 274 g/mol. The van der Waals surface area contributed by atoms with E-state index in [1.807, 2.05) is 0 Å². The van der Waals surface area contributed by atoms with E-state index in [2.05, 4.69) is 39.1 Å². The number of aliphatic hydroxyl groups is 1. The van der Waals surface area contributed by atoms with Gasteiger partial charge in [0.1, 0.15) is 0 Å². The second-order valence-electron chi connectivity index (χ2n) is 6.51. The third-order valence-corrected chi connectivity index (χ3v) is 5.07. The van der Waals surface area contributed by atoms with Crippen LogP contribution in [0.3, 0.4) is 0 Å². The lowest BCUT2D eigenvalue weighted by Crippen LogP contribution is -2.34. The average Bonchev–Trinajstić information content (AvgIpc) is 3.12. The summed E-state index contributed by atoms with van der Waals surface area (Å²) in [6.45, 7) is 1.74. The predicted octanol–water partition coefficient (Wildman–Crippen LogP) is 1.48. The van der Waals surface area contributed by atoms with Gasteiger partial charge in [0.25, 0.3) is 0 Å². The number of likely N-dealkylation sites (tertiary alicyclic amines) is 1. The Balaban J connectivity index is 1.42. The summed E-state index contributed by atoms with van der Waals surface area (Å²) in [6, 6.07) is 9.25. The maximum absolute atomic E-state index is 10.4. The van der Waals surface area contributed by atoms with Gasteiger partial charge in [0, 0.05) is 43.6 Å². The van der Waals surface area contributed by atoms with Gasteiger partial charge in [-0.25, -0.2) is 0 Å². The van der Waals surface area contributed by atoms with E-state index in [1.165, 1.54) is 11.1 Å². The second kappa shape index (κ2) is 5.78.